The standard InChI is InChI=1S/C21H18ClNOS/c1-15-18(22)13-8-14-19(15)23-21(24)20(16-9-4-2-5-10-16)25-17-11-6-3-7-12-17/h2-14,20H,1H3,(H,23,24)/t20-/m1/s1. The third-order valence-corrected chi connectivity index (χ3v) is 5.54. The number of rotatable bonds is 5. The molecule has 0 aliphatic carbocycles. The Morgan fingerprint density at radius 3 is 2.24 bits per heavy atom. The fraction of sp³-hybridized carbons (Fsp3) is 0.0952. The molecule has 4 heteroatoms. The summed E-state index contributed by atoms with van der Waals surface area (Å²) in [5, 5.41) is 3.32. The molecule has 0 unspecified atom stereocenters. The van der Waals surface area contributed by atoms with Crippen LogP contribution >= 0.6 is 23.4 Å². The summed E-state index contributed by atoms with van der Waals surface area (Å²) in [5.74, 6) is -0.0644. The van der Waals surface area contributed by atoms with Gasteiger partial charge in [0.25, 0.3) is 0 Å². The number of halogens is 1. The molecule has 0 radical (unpaired) electrons. The maximum Gasteiger partial charge on any atom is 0.242 e. The highest BCUT2D eigenvalue weighted by atomic mass is 35.5. The van der Waals surface area contributed by atoms with Gasteiger partial charge >= 0.3 is 0 Å². The van der Waals surface area contributed by atoms with E-state index in [-0.39, 0.29) is 11.2 Å². The van der Waals surface area contributed by atoms with E-state index in [2.05, 4.69) is 5.32 Å². The first-order valence-electron chi connectivity index (χ1n) is 7.98. The second-order valence-corrected chi connectivity index (χ2v) is 7.21. The molecule has 0 aliphatic rings. The second kappa shape index (κ2) is 8.24. The predicted molar refractivity (Wildman–Crippen MR) is 106 cm³/mol. The Labute approximate surface area is 157 Å². The van der Waals surface area contributed by atoms with E-state index in [0.717, 1.165) is 21.7 Å². The van der Waals surface area contributed by atoms with Crippen molar-refractivity contribution in [2.75, 3.05) is 5.32 Å². The van der Waals surface area contributed by atoms with Crippen molar-refractivity contribution in [3.05, 3.63) is 95.0 Å². The van der Waals surface area contributed by atoms with Gasteiger partial charge in [0.15, 0.2) is 0 Å². The molecular formula is C21H18ClNOS. The van der Waals surface area contributed by atoms with Gasteiger partial charge in [0.05, 0.1) is 0 Å². The van der Waals surface area contributed by atoms with Gasteiger partial charge in [-0.05, 0) is 42.3 Å². The smallest absolute Gasteiger partial charge is 0.242 e. The Balaban J connectivity index is 1.88. The minimum atomic E-state index is -0.345. The van der Waals surface area contributed by atoms with Crippen LogP contribution in [0.2, 0.25) is 5.02 Å². The van der Waals surface area contributed by atoms with Crippen LogP contribution in [0.1, 0.15) is 16.4 Å². The molecular weight excluding hydrogens is 350 g/mol. The van der Waals surface area contributed by atoms with Crippen LogP contribution < -0.4 is 5.32 Å². The summed E-state index contributed by atoms with van der Waals surface area (Å²) in [6.45, 7) is 1.90. The molecule has 0 aliphatic heterocycles. The molecule has 1 atom stereocenters. The summed E-state index contributed by atoms with van der Waals surface area (Å²) >= 11 is 7.70. The topological polar surface area (TPSA) is 29.1 Å². The van der Waals surface area contributed by atoms with Crippen molar-refractivity contribution in [1.29, 1.82) is 0 Å². The molecule has 0 heterocycles. The van der Waals surface area contributed by atoms with Crippen molar-refractivity contribution in [2.45, 2.75) is 17.1 Å². The van der Waals surface area contributed by atoms with Crippen molar-refractivity contribution in [2.24, 2.45) is 0 Å². The van der Waals surface area contributed by atoms with Crippen molar-refractivity contribution >= 4 is 35.0 Å². The zero-order chi connectivity index (χ0) is 17.6. The second-order valence-electron chi connectivity index (χ2n) is 5.62. The van der Waals surface area contributed by atoms with E-state index in [4.69, 9.17) is 11.6 Å². The fourth-order valence-corrected chi connectivity index (χ4v) is 3.70. The Kier molecular flexibility index (Phi) is 5.79. The Hall–Kier alpha value is -2.23. The number of nitrogens with one attached hydrogen (secondary N) is 1. The molecule has 0 aromatic heterocycles. The highest BCUT2D eigenvalue weighted by molar-refractivity contribution is 8.00. The van der Waals surface area contributed by atoms with Crippen LogP contribution in [0.4, 0.5) is 5.69 Å². The van der Waals surface area contributed by atoms with E-state index in [1.165, 1.54) is 11.8 Å². The van der Waals surface area contributed by atoms with Crippen LogP contribution in [0.3, 0.4) is 0 Å². The lowest BCUT2D eigenvalue weighted by Crippen LogP contribution is -2.19. The summed E-state index contributed by atoms with van der Waals surface area (Å²) in [7, 11) is 0. The van der Waals surface area contributed by atoms with E-state index in [0.29, 0.717) is 5.02 Å². The third-order valence-electron chi connectivity index (χ3n) is 3.86. The zero-order valence-corrected chi connectivity index (χ0v) is 15.3. The molecule has 2 nitrogen and oxygen atoms in total. The van der Waals surface area contributed by atoms with E-state index in [1.54, 1.807) is 0 Å². The number of benzene rings is 3. The van der Waals surface area contributed by atoms with E-state index >= 15 is 0 Å². The number of hydrogen-bond donors (Lipinski definition) is 1. The molecule has 0 bridgehead atoms. The number of amides is 1. The van der Waals surface area contributed by atoms with Crippen LogP contribution in [0.25, 0.3) is 0 Å². The summed E-state index contributed by atoms with van der Waals surface area (Å²) in [6.07, 6.45) is 0. The van der Waals surface area contributed by atoms with Crippen LogP contribution in [-0.4, -0.2) is 5.91 Å². The summed E-state index contributed by atoms with van der Waals surface area (Å²) < 4.78 is 0. The Morgan fingerprint density at radius 1 is 0.920 bits per heavy atom. The summed E-state index contributed by atoms with van der Waals surface area (Å²) in [5.41, 5.74) is 2.58. The molecule has 25 heavy (non-hydrogen) atoms. The first-order chi connectivity index (χ1) is 12.1. The fourth-order valence-electron chi connectivity index (χ4n) is 2.48. The molecule has 1 N–H and O–H groups in total. The van der Waals surface area contributed by atoms with Gasteiger partial charge in [-0.1, -0.05) is 66.2 Å². The molecule has 1 amide bonds. The Morgan fingerprint density at radius 2 is 1.56 bits per heavy atom. The highest BCUT2D eigenvalue weighted by Crippen LogP contribution is 2.36. The van der Waals surface area contributed by atoms with Crippen molar-refractivity contribution in [3.63, 3.8) is 0 Å². The lowest BCUT2D eigenvalue weighted by molar-refractivity contribution is -0.115. The molecule has 0 saturated heterocycles. The minimum absolute atomic E-state index is 0.0644. The highest BCUT2D eigenvalue weighted by Gasteiger charge is 2.22. The Bertz CT molecular complexity index is 852. The molecule has 3 aromatic carbocycles. The number of carbonyl (C=O) groups is 1. The van der Waals surface area contributed by atoms with Gasteiger partial charge in [0.2, 0.25) is 5.91 Å². The number of hydrogen-bond acceptors (Lipinski definition) is 2. The largest absolute Gasteiger partial charge is 0.325 e. The molecule has 0 fully saturated rings. The molecule has 0 saturated carbocycles. The summed E-state index contributed by atoms with van der Waals surface area (Å²) in [6, 6.07) is 25.3. The monoisotopic (exact) mass is 367 g/mol. The van der Waals surface area contributed by atoms with E-state index < -0.39 is 0 Å². The molecule has 126 valence electrons. The maximum absolute atomic E-state index is 13.0. The van der Waals surface area contributed by atoms with Gasteiger partial charge in [-0.2, -0.15) is 0 Å². The van der Waals surface area contributed by atoms with Gasteiger partial charge in [-0.3, -0.25) is 4.79 Å². The van der Waals surface area contributed by atoms with Crippen LogP contribution in [0.5, 0.6) is 0 Å². The third kappa shape index (κ3) is 4.44. The molecule has 0 spiro atoms. The average Bonchev–Trinajstić information content (AvgIpc) is 2.65. The number of carbonyl (C=O) groups excluding carboxylic acids is 1. The first-order valence-corrected chi connectivity index (χ1v) is 9.23. The van der Waals surface area contributed by atoms with Crippen LogP contribution in [0, 0.1) is 6.92 Å². The normalized spacial score (nSPS) is 11.8. The van der Waals surface area contributed by atoms with Crippen molar-refractivity contribution in [1.82, 2.24) is 0 Å². The van der Waals surface area contributed by atoms with Gasteiger partial charge in [0, 0.05) is 15.6 Å². The number of thioether (sulfide) groups is 1. The predicted octanol–water partition coefficient (Wildman–Crippen LogP) is 6.12. The van der Waals surface area contributed by atoms with Gasteiger partial charge in [-0.25, -0.2) is 0 Å². The first kappa shape index (κ1) is 17.6. The van der Waals surface area contributed by atoms with Crippen molar-refractivity contribution in [3.8, 4) is 0 Å². The van der Waals surface area contributed by atoms with Gasteiger partial charge in [-0.15, -0.1) is 11.8 Å². The molecule has 3 aromatic rings. The zero-order valence-electron chi connectivity index (χ0n) is 13.8. The minimum Gasteiger partial charge on any atom is -0.325 e. The van der Waals surface area contributed by atoms with Gasteiger partial charge < -0.3 is 5.32 Å². The van der Waals surface area contributed by atoms with Gasteiger partial charge in [0.1, 0.15) is 5.25 Å². The SMILES string of the molecule is Cc1c(Cl)cccc1NC(=O)[C@H](Sc1ccccc1)c1ccccc1. The average molecular weight is 368 g/mol. The summed E-state index contributed by atoms with van der Waals surface area (Å²) in [4.78, 5) is 14.1. The lowest BCUT2D eigenvalue weighted by atomic mass is 10.1. The quantitative estimate of drug-likeness (QED) is 0.550. The van der Waals surface area contributed by atoms with Crippen molar-refractivity contribution < 1.29 is 4.79 Å². The number of anilines is 1. The van der Waals surface area contributed by atoms with Crippen LogP contribution in [-0.2, 0) is 4.79 Å². The maximum atomic E-state index is 13.0. The van der Waals surface area contributed by atoms with Crippen LogP contribution in [0.15, 0.2) is 83.8 Å². The molecule has 3 rings (SSSR count). The van der Waals surface area contributed by atoms with E-state index in [9.17, 15) is 4.79 Å². The lowest BCUT2D eigenvalue weighted by Gasteiger charge is -2.18. The van der Waals surface area contributed by atoms with E-state index in [1.807, 2.05) is 85.8 Å².